The van der Waals surface area contributed by atoms with E-state index in [2.05, 4.69) is 5.32 Å². The Bertz CT molecular complexity index is 491. The van der Waals surface area contributed by atoms with E-state index in [1.165, 1.54) is 0 Å². The quantitative estimate of drug-likeness (QED) is 0.869. The molecule has 0 fully saturated rings. The van der Waals surface area contributed by atoms with Crippen molar-refractivity contribution in [3.05, 3.63) is 21.9 Å². The fourth-order valence-electron chi connectivity index (χ4n) is 1.28. The van der Waals surface area contributed by atoms with Crippen molar-refractivity contribution in [3.63, 3.8) is 0 Å². The van der Waals surface area contributed by atoms with Gasteiger partial charge in [0.25, 0.3) is 0 Å². The molecule has 0 aliphatic rings. The smallest absolute Gasteiger partial charge is 0.425 e. The minimum Gasteiger partial charge on any atom is -0.444 e. The van der Waals surface area contributed by atoms with Crippen molar-refractivity contribution in [1.29, 1.82) is 0 Å². The molecule has 0 aromatic carbocycles. The predicted octanol–water partition coefficient (Wildman–Crippen LogP) is 3.53. The number of carbonyl (C=O) groups excluding carboxylic acids is 2. The van der Waals surface area contributed by atoms with Gasteiger partial charge < -0.3 is 14.8 Å². The minimum absolute atomic E-state index is 0.0955. The lowest BCUT2D eigenvalue weighted by Gasteiger charge is -2.21. The Morgan fingerprint density at radius 2 is 1.95 bits per heavy atom. The maximum absolute atomic E-state index is 12.5. The number of rotatable bonds is 3. The second kappa shape index (κ2) is 5.82. The Kier molecular flexibility index (Phi) is 4.80. The molecule has 8 heteroatoms. The van der Waals surface area contributed by atoms with Crippen LogP contribution in [0.3, 0.4) is 0 Å². The molecule has 1 aromatic rings. The number of alkyl carbamates (subject to hydrolysis) is 1. The van der Waals surface area contributed by atoms with Gasteiger partial charge in [-0.25, -0.2) is 4.79 Å². The van der Waals surface area contributed by atoms with E-state index < -0.39 is 28.8 Å². The predicted molar refractivity (Wildman–Crippen MR) is 67.5 cm³/mol. The molecule has 1 amide bonds. The Morgan fingerprint density at radius 3 is 2.35 bits per heavy atom. The third-order valence-corrected chi connectivity index (χ3v) is 3.23. The standard InChI is InChI=1S/C12H14F3NO3S/c1-11(2,3)19-10(18)16-7(6-17)8-4-5-9(20-8)12(13,14)15/h4-7H,1-3H3,(H,16,18). The van der Waals surface area contributed by atoms with Crippen LogP contribution in [0.4, 0.5) is 18.0 Å². The number of thiophene rings is 1. The first-order chi connectivity index (χ1) is 9.03. The average Bonchev–Trinajstić information content (AvgIpc) is 2.71. The van der Waals surface area contributed by atoms with Gasteiger partial charge in [0, 0.05) is 4.88 Å². The average molecular weight is 309 g/mol. The van der Waals surface area contributed by atoms with Crippen molar-refractivity contribution in [2.24, 2.45) is 0 Å². The second-order valence-corrected chi connectivity index (χ2v) is 6.08. The summed E-state index contributed by atoms with van der Waals surface area (Å²) in [4.78, 5) is 21.7. The van der Waals surface area contributed by atoms with Gasteiger partial charge in [-0.3, -0.25) is 0 Å². The number of ether oxygens (including phenoxy) is 1. The van der Waals surface area contributed by atoms with Crippen LogP contribution >= 0.6 is 11.3 Å². The van der Waals surface area contributed by atoms with E-state index in [9.17, 15) is 22.8 Å². The summed E-state index contributed by atoms with van der Waals surface area (Å²) in [5.74, 6) is 0. The molecule has 1 atom stereocenters. The second-order valence-electron chi connectivity index (χ2n) is 4.96. The van der Waals surface area contributed by atoms with Crippen molar-refractivity contribution in [2.45, 2.75) is 38.6 Å². The third kappa shape index (κ3) is 4.84. The molecule has 0 aliphatic carbocycles. The third-order valence-electron chi connectivity index (χ3n) is 2.02. The van der Waals surface area contributed by atoms with Crippen molar-refractivity contribution in [2.75, 3.05) is 0 Å². The van der Waals surface area contributed by atoms with E-state index in [4.69, 9.17) is 4.74 Å². The van der Waals surface area contributed by atoms with E-state index in [0.717, 1.165) is 12.1 Å². The van der Waals surface area contributed by atoms with E-state index >= 15 is 0 Å². The molecular formula is C12H14F3NO3S. The van der Waals surface area contributed by atoms with E-state index in [1.54, 1.807) is 20.8 Å². The zero-order valence-electron chi connectivity index (χ0n) is 11.1. The highest BCUT2D eigenvalue weighted by Crippen LogP contribution is 2.36. The van der Waals surface area contributed by atoms with Crippen LogP contribution in [0.15, 0.2) is 12.1 Å². The van der Waals surface area contributed by atoms with E-state index in [1.807, 2.05) is 0 Å². The summed E-state index contributed by atoms with van der Waals surface area (Å²) in [7, 11) is 0. The van der Waals surface area contributed by atoms with Crippen LogP contribution in [0.5, 0.6) is 0 Å². The van der Waals surface area contributed by atoms with Gasteiger partial charge in [-0.15, -0.1) is 11.3 Å². The number of aldehydes is 1. The van der Waals surface area contributed by atoms with Crippen LogP contribution in [0.2, 0.25) is 0 Å². The number of alkyl halides is 3. The lowest BCUT2D eigenvalue weighted by molar-refractivity contribution is -0.134. The summed E-state index contributed by atoms with van der Waals surface area (Å²) in [5, 5.41) is 2.22. The molecule has 0 bridgehead atoms. The van der Waals surface area contributed by atoms with Crippen LogP contribution in [-0.2, 0) is 15.7 Å². The van der Waals surface area contributed by atoms with E-state index in [0.29, 0.717) is 17.6 Å². The van der Waals surface area contributed by atoms with Gasteiger partial charge in [0.2, 0.25) is 0 Å². The Balaban J connectivity index is 2.79. The fraction of sp³-hybridized carbons (Fsp3) is 0.500. The molecule has 1 rings (SSSR count). The molecule has 0 saturated carbocycles. The molecule has 0 saturated heterocycles. The SMILES string of the molecule is CC(C)(C)OC(=O)NC(C=O)c1ccc(C(F)(F)F)s1. The largest absolute Gasteiger partial charge is 0.444 e. The molecule has 1 heterocycles. The highest BCUT2D eigenvalue weighted by Gasteiger charge is 2.33. The fourth-order valence-corrected chi connectivity index (χ4v) is 2.16. The first-order valence-corrected chi connectivity index (χ1v) is 6.46. The minimum atomic E-state index is -4.47. The van der Waals surface area contributed by atoms with Crippen molar-refractivity contribution >= 4 is 23.7 Å². The first-order valence-electron chi connectivity index (χ1n) is 5.64. The monoisotopic (exact) mass is 309 g/mol. The summed E-state index contributed by atoms with van der Waals surface area (Å²) >= 11 is 0.406. The van der Waals surface area contributed by atoms with Gasteiger partial charge in [0.1, 0.15) is 22.8 Å². The number of amides is 1. The molecule has 0 radical (unpaired) electrons. The Labute approximate surface area is 117 Å². The number of nitrogens with one attached hydrogen (secondary N) is 1. The topological polar surface area (TPSA) is 55.4 Å². The highest BCUT2D eigenvalue weighted by molar-refractivity contribution is 7.12. The van der Waals surface area contributed by atoms with Crippen LogP contribution in [-0.4, -0.2) is 18.0 Å². The number of hydrogen-bond donors (Lipinski definition) is 1. The van der Waals surface area contributed by atoms with Crippen LogP contribution in [0, 0.1) is 0 Å². The molecule has 0 spiro atoms. The maximum Gasteiger partial charge on any atom is 0.425 e. The van der Waals surface area contributed by atoms with Gasteiger partial charge in [-0.05, 0) is 32.9 Å². The summed E-state index contributed by atoms with van der Waals surface area (Å²) in [6.45, 7) is 4.90. The van der Waals surface area contributed by atoms with Gasteiger partial charge in [0.15, 0.2) is 0 Å². The summed E-state index contributed by atoms with van der Waals surface area (Å²) in [6.07, 6.45) is -4.98. The van der Waals surface area contributed by atoms with Crippen molar-refractivity contribution < 1.29 is 27.5 Å². The molecular weight excluding hydrogens is 295 g/mol. The summed E-state index contributed by atoms with van der Waals surface area (Å²) in [6, 6.07) is 0.864. The van der Waals surface area contributed by atoms with Crippen molar-refractivity contribution in [1.82, 2.24) is 5.32 Å². The number of halogens is 3. The summed E-state index contributed by atoms with van der Waals surface area (Å²) in [5.41, 5.74) is -0.760. The molecule has 20 heavy (non-hydrogen) atoms. The van der Waals surface area contributed by atoms with Gasteiger partial charge in [0.05, 0.1) is 0 Å². The van der Waals surface area contributed by atoms with Gasteiger partial charge >= 0.3 is 12.3 Å². The van der Waals surface area contributed by atoms with Crippen LogP contribution < -0.4 is 5.32 Å². The van der Waals surface area contributed by atoms with Gasteiger partial charge in [-0.1, -0.05) is 0 Å². The van der Waals surface area contributed by atoms with E-state index in [-0.39, 0.29) is 4.88 Å². The van der Waals surface area contributed by atoms with Crippen molar-refractivity contribution in [3.8, 4) is 0 Å². The lowest BCUT2D eigenvalue weighted by atomic mass is 10.2. The molecule has 0 aliphatic heterocycles. The van der Waals surface area contributed by atoms with Gasteiger partial charge in [-0.2, -0.15) is 13.2 Å². The number of hydrogen-bond acceptors (Lipinski definition) is 4. The molecule has 1 aromatic heterocycles. The molecule has 112 valence electrons. The Hall–Kier alpha value is -1.57. The summed E-state index contributed by atoms with van der Waals surface area (Å²) < 4.78 is 42.3. The first kappa shape index (κ1) is 16.5. The zero-order valence-corrected chi connectivity index (χ0v) is 11.9. The number of carbonyl (C=O) groups is 2. The van der Waals surface area contributed by atoms with Crippen LogP contribution in [0.25, 0.3) is 0 Å². The van der Waals surface area contributed by atoms with Crippen LogP contribution in [0.1, 0.15) is 36.6 Å². The normalized spacial score (nSPS) is 13.7. The molecule has 4 nitrogen and oxygen atoms in total. The molecule has 1 N–H and O–H groups in total. The Morgan fingerprint density at radius 1 is 1.35 bits per heavy atom. The highest BCUT2D eigenvalue weighted by atomic mass is 32.1. The lowest BCUT2D eigenvalue weighted by Crippen LogP contribution is -2.35. The maximum atomic E-state index is 12.5. The zero-order chi connectivity index (χ0) is 15.6. The molecule has 1 unspecified atom stereocenters.